The first kappa shape index (κ1) is 53.5. The Labute approximate surface area is 407 Å². The van der Waals surface area contributed by atoms with E-state index in [0.29, 0.717) is 39.6 Å². The van der Waals surface area contributed by atoms with Crippen molar-refractivity contribution in [2.45, 2.75) is 196 Å². The van der Waals surface area contributed by atoms with Gasteiger partial charge < -0.3 is 28.4 Å². The minimum Gasteiger partial charge on any atom is -0.490 e. The zero-order valence-electron chi connectivity index (χ0n) is 40.0. The second-order valence-corrected chi connectivity index (χ2v) is 19.7. The zero-order valence-corrected chi connectivity index (χ0v) is 44.8. The molecule has 63 heavy (non-hydrogen) atoms. The predicted octanol–water partition coefficient (Wildman–Crippen LogP) is 19.2. The standard InChI is InChI=1S/C54H81Br3O6/c1-7-13-19-25-31-58-43-37-40-41(38-44(43)59-32-26-20-14-8-2)47-48(51(57)54(63-36-30-24-18-12-6)53(50(47)56)62-35-29-23-17-11-5)42-39-45(60-33-27-21-15-9-3)52(49(55)46(40)42)61-34-28-22-16-10-4/h37-39H,7-36H2,1-6H3. The van der Waals surface area contributed by atoms with E-state index in [9.17, 15) is 0 Å². The number of hydrogen-bond acceptors (Lipinski definition) is 6. The van der Waals surface area contributed by atoms with Crippen LogP contribution in [0.2, 0.25) is 0 Å². The lowest BCUT2D eigenvalue weighted by atomic mass is 9.92. The summed E-state index contributed by atoms with van der Waals surface area (Å²) < 4.78 is 43.2. The second kappa shape index (κ2) is 31.0. The van der Waals surface area contributed by atoms with Gasteiger partial charge in [-0.2, -0.15) is 0 Å². The highest BCUT2D eigenvalue weighted by atomic mass is 79.9. The van der Waals surface area contributed by atoms with Gasteiger partial charge in [0.2, 0.25) is 0 Å². The average molecular weight is 1070 g/mol. The Hall–Kier alpha value is -2.10. The molecular weight excluding hydrogens is 984 g/mol. The van der Waals surface area contributed by atoms with E-state index < -0.39 is 0 Å². The first-order valence-electron chi connectivity index (χ1n) is 25.2. The molecule has 0 spiro atoms. The topological polar surface area (TPSA) is 55.4 Å². The molecule has 4 rings (SSSR count). The van der Waals surface area contributed by atoms with E-state index in [-0.39, 0.29) is 0 Å². The molecule has 0 aliphatic carbocycles. The largest absolute Gasteiger partial charge is 0.490 e. The highest BCUT2D eigenvalue weighted by Gasteiger charge is 2.28. The van der Waals surface area contributed by atoms with Crippen molar-refractivity contribution in [2.24, 2.45) is 0 Å². The number of rotatable bonds is 36. The molecule has 0 atom stereocenters. The number of benzene rings is 4. The van der Waals surface area contributed by atoms with Gasteiger partial charge in [-0.3, -0.25) is 0 Å². The number of hydrogen-bond donors (Lipinski definition) is 0. The highest BCUT2D eigenvalue weighted by Crippen LogP contribution is 2.56. The number of fused-ring (bicyclic) bond motifs is 6. The van der Waals surface area contributed by atoms with Crippen molar-refractivity contribution in [1.82, 2.24) is 0 Å². The summed E-state index contributed by atoms with van der Waals surface area (Å²) in [6.45, 7) is 17.2. The number of halogens is 3. The van der Waals surface area contributed by atoms with Gasteiger partial charge in [0.1, 0.15) is 0 Å². The molecule has 4 aromatic rings. The Morgan fingerprint density at radius 1 is 0.286 bits per heavy atom. The van der Waals surface area contributed by atoms with Crippen LogP contribution in [-0.4, -0.2) is 39.6 Å². The van der Waals surface area contributed by atoms with Gasteiger partial charge >= 0.3 is 0 Å². The molecule has 9 heteroatoms. The smallest absolute Gasteiger partial charge is 0.177 e. The Morgan fingerprint density at radius 3 is 0.921 bits per heavy atom. The van der Waals surface area contributed by atoms with Crippen molar-refractivity contribution in [1.29, 1.82) is 0 Å². The maximum Gasteiger partial charge on any atom is 0.177 e. The molecule has 0 aliphatic heterocycles. The second-order valence-electron chi connectivity index (χ2n) is 17.3. The lowest BCUT2D eigenvalue weighted by molar-refractivity contribution is 0.257. The molecule has 0 aliphatic rings. The molecular formula is C54H81Br3O6. The summed E-state index contributed by atoms with van der Waals surface area (Å²) in [7, 11) is 0. The average Bonchev–Trinajstić information content (AvgIpc) is 3.28. The van der Waals surface area contributed by atoms with E-state index in [0.717, 1.165) is 157 Å². The molecule has 0 saturated carbocycles. The van der Waals surface area contributed by atoms with Crippen LogP contribution < -0.4 is 28.4 Å². The van der Waals surface area contributed by atoms with E-state index in [2.05, 4.69) is 108 Å². The van der Waals surface area contributed by atoms with Gasteiger partial charge in [0, 0.05) is 16.2 Å². The third kappa shape index (κ3) is 16.0. The van der Waals surface area contributed by atoms with E-state index >= 15 is 0 Å². The fourth-order valence-corrected chi connectivity index (χ4v) is 10.3. The highest BCUT2D eigenvalue weighted by molar-refractivity contribution is 9.11. The van der Waals surface area contributed by atoms with Crippen LogP contribution in [-0.2, 0) is 0 Å². The maximum absolute atomic E-state index is 6.80. The Kier molecular flexibility index (Phi) is 26.3. The third-order valence-corrected chi connectivity index (χ3v) is 14.1. The molecule has 0 amide bonds. The van der Waals surface area contributed by atoms with E-state index in [1.165, 1.54) is 77.0 Å². The van der Waals surface area contributed by atoms with Crippen LogP contribution in [0.4, 0.5) is 0 Å². The van der Waals surface area contributed by atoms with E-state index in [1.54, 1.807) is 0 Å². The van der Waals surface area contributed by atoms with Crippen LogP contribution in [0.3, 0.4) is 0 Å². The maximum atomic E-state index is 6.80. The molecule has 0 heterocycles. The predicted molar refractivity (Wildman–Crippen MR) is 280 cm³/mol. The molecule has 0 unspecified atom stereocenters. The van der Waals surface area contributed by atoms with Crippen molar-refractivity contribution in [3.05, 3.63) is 31.6 Å². The van der Waals surface area contributed by atoms with Crippen molar-refractivity contribution in [2.75, 3.05) is 39.6 Å². The molecule has 0 bridgehead atoms. The summed E-state index contributed by atoms with van der Waals surface area (Å²) in [4.78, 5) is 0. The summed E-state index contributed by atoms with van der Waals surface area (Å²) in [5, 5.41) is 6.22. The summed E-state index contributed by atoms with van der Waals surface area (Å²) in [6.07, 6.45) is 27.0. The van der Waals surface area contributed by atoms with Crippen molar-refractivity contribution in [3.8, 4) is 34.5 Å². The van der Waals surface area contributed by atoms with E-state index in [4.69, 9.17) is 28.4 Å². The van der Waals surface area contributed by atoms with Gasteiger partial charge in [0.15, 0.2) is 34.5 Å². The van der Waals surface area contributed by atoms with Gasteiger partial charge in [-0.1, -0.05) is 157 Å². The lowest BCUT2D eigenvalue weighted by Crippen LogP contribution is -2.06. The van der Waals surface area contributed by atoms with Crippen LogP contribution in [0.25, 0.3) is 32.3 Å². The molecule has 4 aromatic carbocycles. The molecule has 354 valence electrons. The van der Waals surface area contributed by atoms with Crippen LogP contribution >= 0.6 is 47.8 Å². The summed E-state index contributed by atoms with van der Waals surface area (Å²) in [5.41, 5.74) is 0. The SMILES string of the molecule is CCCCCCOc1cc2c(cc1OCCCCCC)c1c(Br)c(OCCCCCC)c(OCCCCCC)c(Br)c1c1cc(OCCCCCC)c(OCCCCCC)c(Br)c21. The molecule has 0 radical (unpaired) electrons. The molecule has 0 fully saturated rings. The first-order valence-corrected chi connectivity index (χ1v) is 27.6. The summed E-state index contributed by atoms with van der Waals surface area (Å²) >= 11 is 12.6. The first-order chi connectivity index (χ1) is 30.9. The fraction of sp³-hybridized carbons (Fsp3) is 0.667. The Bertz CT molecular complexity index is 1930. The van der Waals surface area contributed by atoms with Crippen LogP contribution in [0.5, 0.6) is 34.5 Å². The van der Waals surface area contributed by atoms with Crippen LogP contribution in [0, 0.1) is 0 Å². The quantitative estimate of drug-likeness (QED) is 0.0334. The van der Waals surface area contributed by atoms with E-state index in [1.807, 2.05) is 0 Å². The van der Waals surface area contributed by atoms with Gasteiger partial charge in [-0.15, -0.1) is 0 Å². The van der Waals surface area contributed by atoms with Gasteiger partial charge in [0.05, 0.1) is 53.1 Å². The monoisotopic (exact) mass is 1060 g/mol. The number of unbranched alkanes of at least 4 members (excludes halogenated alkanes) is 18. The minimum absolute atomic E-state index is 0.606. The Morgan fingerprint density at radius 2 is 0.556 bits per heavy atom. The molecule has 6 nitrogen and oxygen atoms in total. The zero-order chi connectivity index (χ0) is 45.2. The number of ether oxygens (including phenoxy) is 6. The van der Waals surface area contributed by atoms with Gasteiger partial charge in [-0.25, -0.2) is 0 Å². The van der Waals surface area contributed by atoms with Gasteiger partial charge in [-0.05, 0) is 121 Å². The molecule has 0 saturated heterocycles. The normalized spacial score (nSPS) is 11.6. The van der Waals surface area contributed by atoms with Crippen molar-refractivity contribution >= 4 is 80.1 Å². The minimum atomic E-state index is 0.606. The summed E-state index contributed by atoms with van der Waals surface area (Å²) in [5.74, 6) is 4.52. The van der Waals surface area contributed by atoms with Crippen LogP contribution in [0.15, 0.2) is 31.6 Å². The van der Waals surface area contributed by atoms with Crippen molar-refractivity contribution < 1.29 is 28.4 Å². The van der Waals surface area contributed by atoms with Gasteiger partial charge in [0.25, 0.3) is 0 Å². The molecule has 0 aromatic heterocycles. The third-order valence-electron chi connectivity index (χ3n) is 11.9. The summed E-state index contributed by atoms with van der Waals surface area (Å²) in [6, 6.07) is 6.63. The Balaban J connectivity index is 2.09. The van der Waals surface area contributed by atoms with Crippen LogP contribution in [0.1, 0.15) is 196 Å². The lowest BCUT2D eigenvalue weighted by Gasteiger charge is -2.24. The van der Waals surface area contributed by atoms with Crippen molar-refractivity contribution in [3.63, 3.8) is 0 Å². The fourth-order valence-electron chi connectivity index (χ4n) is 8.16. The molecule has 0 N–H and O–H groups in total.